The fourth-order valence-electron chi connectivity index (χ4n) is 3.06. The largest absolute Gasteiger partial charge is 0.755 e. The lowest BCUT2D eigenvalue weighted by Crippen LogP contribution is -2.31. The van der Waals surface area contributed by atoms with Crippen molar-refractivity contribution < 1.29 is 21.9 Å². The first-order valence-electron chi connectivity index (χ1n) is 7.89. The van der Waals surface area contributed by atoms with Crippen LogP contribution in [0.5, 0.6) is 0 Å². The quantitative estimate of drug-likeness (QED) is 0.817. The highest BCUT2D eigenvalue weighted by molar-refractivity contribution is 7.77. The second-order valence-corrected chi connectivity index (χ2v) is 6.66. The van der Waals surface area contributed by atoms with Gasteiger partial charge in [0.05, 0.1) is 5.56 Å². The van der Waals surface area contributed by atoms with E-state index in [9.17, 15) is 21.9 Å². The summed E-state index contributed by atoms with van der Waals surface area (Å²) in [4.78, 5) is 1.95. The number of para-hydroxylation sites is 1. The molecule has 138 valence electrons. The second kappa shape index (κ2) is 7.51. The van der Waals surface area contributed by atoms with E-state index in [4.69, 9.17) is 0 Å². The van der Waals surface area contributed by atoms with Crippen molar-refractivity contribution in [1.29, 1.82) is 0 Å². The zero-order valence-electron chi connectivity index (χ0n) is 13.6. The van der Waals surface area contributed by atoms with Gasteiger partial charge in [-0.1, -0.05) is 24.3 Å². The molecule has 0 spiro atoms. The van der Waals surface area contributed by atoms with Crippen LogP contribution in [0.2, 0.25) is 0 Å². The summed E-state index contributed by atoms with van der Waals surface area (Å²) in [6, 6.07) is 12.7. The van der Waals surface area contributed by atoms with Crippen LogP contribution in [0.3, 0.4) is 0 Å². The molecule has 8 heteroatoms. The van der Waals surface area contributed by atoms with Crippen LogP contribution in [0, 0.1) is 5.92 Å². The molecule has 2 atom stereocenters. The Labute approximate surface area is 151 Å². The summed E-state index contributed by atoms with van der Waals surface area (Å²) >= 11 is -2.38. The minimum Gasteiger partial charge on any atom is -0.755 e. The van der Waals surface area contributed by atoms with E-state index in [1.165, 1.54) is 18.3 Å². The third-order valence-electron chi connectivity index (χ3n) is 4.22. The lowest BCUT2D eigenvalue weighted by atomic mass is 9.92. The van der Waals surface area contributed by atoms with Crippen molar-refractivity contribution >= 4 is 22.6 Å². The fraction of sp³-hybridized carbons (Fsp3) is 0.222. The van der Waals surface area contributed by atoms with Crippen molar-refractivity contribution in [3.8, 4) is 0 Å². The molecule has 1 heterocycles. The van der Waals surface area contributed by atoms with Gasteiger partial charge in [0.1, 0.15) is 0 Å². The van der Waals surface area contributed by atoms with Crippen molar-refractivity contribution in [3.63, 3.8) is 0 Å². The monoisotopic (exact) mass is 381 g/mol. The van der Waals surface area contributed by atoms with Crippen molar-refractivity contribution in [2.24, 2.45) is 5.92 Å². The second-order valence-electron chi connectivity index (χ2n) is 5.96. The van der Waals surface area contributed by atoms with E-state index >= 15 is 0 Å². The molecule has 26 heavy (non-hydrogen) atoms. The Hall–Kier alpha value is -2.32. The molecule has 0 radical (unpaired) electrons. The molecule has 0 aromatic heterocycles. The van der Waals surface area contributed by atoms with Gasteiger partial charge >= 0.3 is 6.18 Å². The van der Waals surface area contributed by atoms with Crippen molar-refractivity contribution in [2.75, 3.05) is 11.4 Å². The van der Waals surface area contributed by atoms with Crippen LogP contribution in [0.15, 0.2) is 60.8 Å². The highest BCUT2D eigenvalue weighted by Gasteiger charge is 2.31. The maximum absolute atomic E-state index is 12.8. The third kappa shape index (κ3) is 4.25. The van der Waals surface area contributed by atoms with E-state index < -0.39 is 23.0 Å². The number of hydrogen-bond acceptors (Lipinski definition) is 3. The lowest BCUT2D eigenvalue weighted by molar-refractivity contribution is -0.137. The van der Waals surface area contributed by atoms with Crippen LogP contribution in [0.25, 0.3) is 0 Å². The molecule has 0 fully saturated rings. The van der Waals surface area contributed by atoms with Crippen LogP contribution in [0.1, 0.15) is 11.1 Å². The van der Waals surface area contributed by atoms with Gasteiger partial charge < -0.3 is 14.2 Å². The molecule has 4 nitrogen and oxygen atoms in total. The molecule has 1 aliphatic rings. The molecule has 1 N–H and O–H groups in total. The molecule has 0 bridgehead atoms. The Morgan fingerprint density at radius 2 is 1.85 bits per heavy atom. The van der Waals surface area contributed by atoms with Crippen molar-refractivity contribution in [3.05, 3.63) is 71.9 Å². The number of benzene rings is 2. The minimum atomic E-state index is -4.37. The number of halogens is 3. The van der Waals surface area contributed by atoms with Gasteiger partial charge in [0.25, 0.3) is 0 Å². The highest BCUT2D eigenvalue weighted by Crippen LogP contribution is 2.37. The number of fused-ring (bicyclic) bond motifs is 1. The Morgan fingerprint density at radius 1 is 1.15 bits per heavy atom. The number of nitrogens with one attached hydrogen (secondary N) is 1. The molecule has 0 saturated heterocycles. The minimum absolute atomic E-state index is 0.0169. The summed E-state index contributed by atoms with van der Waals surface area (Å²) in [6.07, 6.45) is -0.532. The lowest BCUT2D eigenvalue weighted by Gasteiger charge is -2.35. The van der Waals surface area contributed by atoms with E-state index in [2.05, 4.69) is 4.72 Å². The molecule has 0 aliphatic carbocycles. The van der Waals surface area contributed by atoms with Crippen molar-refractivity contribution in [1.82, 2.24) is 4.72 Å². The molecule has 2 aromatic rings. The van der Waals surface area contributed by atoms with Gasteiger partial charge in [0.2, 0.25) is 0 Å². The van der Waals surface area contributed by atoms with Crippen LogP contribution in [-0.4, -0.2) is 15.3 Å². The summed E-state index contributed by atoms with van der Waals surface area (Å²) in [5.74, 6) is 0.0169. The smallest absolute Gasteiger partial charge is 0.416 e. The topological polar surface area (TPSA) is 55.4 Å². The number of rotatable bonds is 4. The SMILES string of the molecule is O=S([O-])NC=CC1Cc2ccccc2N(c2ccc(C(F)(F)F)cc2)C1. The number of anilines is 2. The average Bonchev–Trinajstić information content (AvgIpc) is 2.60. The predicted molar refractivity (Wildman–Crippen MR) is 93.3 cm³/mol. The molecule has 0 amide bonds. The Morgan fingerprint density at radius 3 is 2.50 bits per heavy atom. The molecule has 1 aliphatic heterocycles. The predicted octanol–water partition coefficient (Wildman–Crippen LogP) is 3.91. The van der Waals surface area contributed by atoms with E-state index in [0.29, 0.717) is 12.2 Å². The van der Waals surface area contributed by atoms with Gasteiger partial charge in [0.15, 0.2) is 0 Å². The van der Waals surface area contributed by atoms with Gasteiger partial charge in [-0.2, -0.15) is 13.2 Å². The van der Waals surface area contributed by atoms with Gasteiger partial charge in [0, 0.05) is 41.3 Å². The number of hydrogen-bond donors (Lipinski definition) is 1. The van der Waals surface area contributed by atoms with Gasteiger partial charge in [-0.3, -0.25) is 4.21 Å². The zero-order chi connectivity index (χ0) is 18.7. The van der Waals surface area contributed by atoms with E-state index in [1.807, 2.05) is 29.2 Å². The summed E-state index contributed by atoms with van der Waals surface area (Å²) in [7, 11) is 0. The molecule has 2 aromatic carbocycles. The first-order chi connectivity index (χ1) is 12.3. The van der Waals surface area contributed by atoms with Crippen LogP contribution < -0.4 is 9.62 Å². The summed E-state index contributed by atoms with van der Waals surface area (Å²) in [6.45, 7) is 0.534. The molecule has 2 unspecified atom stereocenters. The Balaban J connectivity index is 1.89. The first kappa shape index (κ1) is 18.5. The van der Waals surface area contributed by atoms with E-state index in [-0.39, 0.29) is 5.92 Å². The average molecular weight is 381 g/mol. The molecular formula is C18H16F3N2O2S-. The Bertz CT molecular complexity index is 822. The first-order valence-corrected chi connectivity index (χ1v) is 8.97. The van der Waals surface area contributed by atoms with Gasteiger partial charge in [-0.15, -0.1) is 0 Å². The third-order valence-corrected chi connectivity index (χ3v) is 4.55. The molecule has 3 rings (SSSR count). The standard InChI is InChI=1S/C18H17F3N2O2S/c19-18(20,21)15-5-7-16(8-6-15)23-12-13(9-10-22-26(24)25)11-14-3-1-2-4-17(14)23/h1-10,13,22H,11-12H2,(H,24,25)/p-1. The fourth-order valence-corrected chi connectivity index (χ4v) is 3.25. The summed E-state index contributed by atoms with van der Waals surface area (Å²) in [5, 5.41) is 0. The van der Waals surface area contributed by atoms with Gasteiger partial charge in [-0.05, 0) is 42.3 Å². The van der Waals surface area contributed by atoms with E-state index in [1.54, 1.807) is 6.08 Å². The Kier molecular flexibility index (Phi) is 5.33. The normalized spacial score (nSPS) is 18.6. The van der Waals surface area contributed by atoms with Crippen LogP contribution >= 0.6 is 0 Å². The van der Waals surface area contributed by atoms with E-state index in [0.717, 1.165) is 29.8 Å². The highest BCUT2D eigenvalue weighted by atomic mass is 32.2. The summed E-state index contributed by atoms with van der Waals surface area (Å²) in [5.41, 5.74) is 1.96. The maximum Gasteiger partial charge on any atom is 0.416 e. The van der Waals surface area contributed by atoms with Crippen molar-refractivity contribution in [2.45, 2.75) is 12.6 Å². The molecular weight excluding hydrogens is 365 g/mol. The number of nitrogens with zero attached hydrogens (tertiary/aromatic N) is 1. The summed E-state index contributed by atoms with van der Waals surface area (Å²) < 4.78 is 61.7. The zero-order valence-corrected chi connectivity index (χ0v) is 14.4. The van der Waals surface area contributed by atoms with Crippen LogP contribution in [0.4, 0.5) is 24.5 Å². The van der Waals surface area contributed by atoms with Crippen LogP contribution in [-0.2, 0) is 23.9 Å². The molecule has 0 saturated carbocycles. The maximum atomic E-state index is 12.8. The van der Waals surface area contributed by atoms with Gasteiger partial charge in [-0.25, -0.2) is 0 Å². The number of alkyl halides is 3.